The number of amides is 1. The standard InChI is InChI=1S/C17H25N3OS/c1-13(18)14-6-8-19(9-7-14)12-17(21)20-10-11-22-16-5-3-2-4-15(16)20/h2-5,13-14H,6-12,18H2,1H3. The fraction of sp³-hybridized carbons (Fsp3) is 0.588. The summed E-state index contributed by atoms with van der Waals surface area (Å²) in [6, 6.07) is 8.48. The summed E-state index contributed by atoms with van der Waals surface area (Å²) in [5, 5.41) is 0. The number of thioether (sulfide) groups is 1. The Kier molecular flexibility index (Phi) is 5.06. The zero-order chi connectivity index (χ0) is 15.5. The number of fused-ring (bicyclic) bond motifs is 1. The number of likely N-dealkylation sites (tertiary alicyclic amines) is 1. The van der Waals surface area contributed by atoms with Crippen molar-refractivity contribution >= 4 is 23.4 Å². The number of rotatable bonds is 3. The largest absolute Gasteiger partial charge is 0.328 e. The van der Waals surface area contributed by atoms with E-state index in [0.29, 0.717) is 12.5 Å². The number of carbonyl (C=O) groups is 1. The molecule has 1 aromatic rings. The summed E-state index contributed by atoms with van der Waals surface area (Å²) in [7, 11) is 0. The van der Waals surface area contributed by atoms with Crippen molar-refractivity contribution in [2.75, 3.05) is 36.8 Å². The monoisotopic (exact) mass is 319 g/mol. The molecular weight excluding hydrogens is 294 g/mol. The zero-order valence-corrected chi connectivity index (χ0v) is 14.0. The Bertz CT molecular complexity index is 526. The molecule has 0 aliphatic carbocycles. The average molecular weight is 319 g/mol. The van der Waals surface area contributed by atoms with Crippen LogP contribution in [0.2, 0.25) is 0 Å². The Morgan fingerprint density at radius 1 is 1.32 bits per heavy atom. The molecule has 22 heavy (non-hydrogen) atoms. The lowest BCUT2D eigenvalue weighted by Gasteiger charge is -2.35. The highest BCUT2D eigenvalue weighted by atomic mass is 32.2. The van der Waals surface area contributed by atoms with Gasteiger partial charge >= 0.3 is 0 Å². The van der Waals surface area contributed by atoms with Crippen LogP contribution >= 0.6 is 11.8 Å². The van der Waals surface area contributed by atoms with Gasteiger partial charge in [-0.3, -0.25) is 9.69 Å². The highest BCUT2D eigenvalue weighted by molar-refractivity contribution is 7.99. The van der Waals surface area contributed by atoms with Gasteiger partial charge in [-0.05, 0) is 50.9 Å². The van der Waals surface area contributed by atoms with E-state index in [9.17, 15) is 4.79 Å². The Hall–Kier alpha value is -1.04. The highest BCUT2D eigenvalue weighted by Crippen LogP contribution is 2.34. The molecule has 0 bridgehead atoms. The third-order valence-electron chi connectivity index (χ3n) is 4.76. The normalized spacial score (nSPS) is 21.5. The lowest BCUT2D eigenvalue weighted by molar-refractivity contribution is -0.120. The molecule has 4 nitrogen and oxygen atoms in total. The van der Waals surface area contributed by atoms with Crippen LogP contribution in [0.5, 0.6) is 0 Å². The molecule has 5 heteroatoms. The number of hydrogen-bond acceptors (Lipinski definition) is 4. The van der Waals surface area contributed by atoms with E-state index in [1.54, 1.807) is 0 Å². The van der Waals surface area contributed by atoms with Gasteiger partial charge in [0.15, 0.2) is 0 Å². The SMILES string of the molecule is CC(N)C1CCN(CC(=O)N2CCSc3ccccc32)CC1. The number of anilines is 1. The smallest absolute Gasteiger partial charge is 0.241 e. The number of hydrogen-bond donors (Lipinski definition) is 1. The fourth-order valence-corrected chi connectivity index (χ4v) is 4.34. The maximum atomic E-state index is 12.7. The molecule has 2 aliphatic heterocycles. The minimum absolute atomic E-state index is 0.229. The lowest BCUT2D eigenvalue weighted by atomic mass is 9.91. The summed E-state index contributed by atoms with van der Waals surface area (Å²) in [6.45, 7) is 5.42. The van der Waals surface area contributed by atoms with E-state index in [1.165, 1.54) is 4.90 Å². The number of nitrogens with two attached hydrogens (primary N) is 1. The van der Waals surface area contributed by atoms with Crippen molar-refractivity contribution < 1.29 is 4.79 Å². The molecule has 1 fully saturated rings. The van der Waals surface area contributed by atoms with Gasteiger partial charge in [-0.15, -0.1) is 11.8 Å². The van der Waals surface area contributed by atoms with Gasteiger partial charge in [0.25, 0.3) is 0 Å². The maximum Gasteiger partial charge on any atom is 0.241 e. The highest BCUT2D eigenvalue weighted by Gasteiger charge is 2.27. The van der Waals surface area contributed by atoms with Gasteiger partial charge in [0.05, 0.1) is 12.2 Å². The summed E-state index contributed by atoms with van der Waals surface area (Å²) >= 11 is 1.84. The van der Waals surface area contributed by atoms with Crippen molar-refractivity contribution in [2.24, 2.45) is 11.7 Å². The van der Waals surface area contributed by atoms with Crippen LogP contribution in [0.4, 0.5) is 5.69 Å². The van der Waals surface area contributed by atoms with Crippen LogP contribution in [-0.4, -0.2) is 48.8 Å². The van der Waals surface area contributed by atoms with Crippen LogP contribution in [-0.2, 0) is 4.79 Å². The Morgan fingerprint density at radius 3 is 2.77 bits per heavy atom. The second-order valence-corrected chi connectivity index (χ2v) is 7.47. The fourth-order valence-electron chi connectivity index (χ4n) is 3.34. The molecule has 2 N–H and O–H groups in total. The van der Waals surface area contributed by atoms with Gasteiger partial charge < -0.3 is 10.6 Å². The molecule has 1 unspecified atom stereocenters. The maximum absolute atomic E-state index is 12.7. The molecule has 0 aromatic heterocycles. The number of para-hydroxylation sites is 1. The van der Waals surface area contributed by atoms with Gasteiger partial charge in [0, 0.05) is 23.2 Å². The van der Waals surface area contributed by atoms with E-state index < -0.39 is 0 Å². The molecule has 120 valence electrons. The lowest BCUT2D eigenvalue weighted by Crippen LogP contribution is -2.46. The summed E-state index contributed by atoms with van der Waals surface area (Å²) in [5.41, 5.74) is 7.07. The Labute approximate surface area is 137 Å². The van der Waals surface area contributed by atoms with Crippen LogP contribution in [0.15, 0.2) is 29.2 Å². The third kappa shape index (κ3) is 3.47. The van der Waals surface area contributed by atoms with Crippen molar-refractivity contribution in [2.45, 2.75) is 30.7 Å². The van der Waals surface area contributed by atoms with Crippen molar-refractivity contribution in [3.05, 3.63) is 24.3 Å². The molecule has 1 atom stereocenters. The van der Waals surface area contributed by atoms with Crippen LogP contribution in [0.1, 0.15) is 19.8 Å². The molecule has 0 radical (unpaired) electrons. The molecule has 1 aromatic carbocycles. The predicted octanol–water partition coefficient (Wildman–Crippen LogP) is 2.18. The van der Waals surface area contributed by atoms with E-state index in [1.807, 2.05) is 28.8 Å². The topological polar surface area (TPSA) is 49.6 Å². The van der Waals surface area contributed by atoms with Crippen LogP contribution < -0.4 is 10.6 Å². The minimum Gasteiger partial charge on any atom is -0.328 e. The van der Waals surface area contributed by atoms with Crippen molar-refractivity contribution in [3.63, 3.8) is 0 Å². The first-order chi connectivity index (χ1) is 10.6. The molecule has 2 heterocycles. The number of piperidine rings is 1. The molecule has 0 saturated carbocycles. The number of benzene rings is 1. The first kappa shape index (κ1) is 15.8. The summed E-state index contributed by atoms with van der Waals surface area (Å²) in [4.78, 5) is 18.2. The van der Waals surface area contributed by atoms with Crippen molar-refractivity contribution in [1.29, 1.82) is 0 Å². The zero-order valence-electron chi connectivity index (χ0n) is 13.2. The molecular formula is C17H25N3OS. The van der Waals surface area contributed by atoms with E-state index in [-0.39, 0.29) is 11.9 Å². The molecule has 2 aliphatic rings. The van der Waals surface area contributed by atoms with Gasteiger partial charge in [-0.1, -0.05) is 12.1 Å². The molecule has 0 spiro atoms. The van der Waals surface area contributed by atoms with Crippen molar-refractivity contribution in [1.82, 2.24) is 4.90 Å². The van der Waals surface area contributed by atoms with Gasteiger partial charge in [-0.2, -0.15) is 0 Å². The van der Waals surface area contributed by atoms with Crippen molar-refractivity contribution in [3.8, 4) is 0 Å². The molecule has 3 rings (SSSR count). The summed E-state index contributed by atoms with van der Waals surface area (Å²) in [6.07, 6.45) is 2.22. The van der Waals surface area contributed by atoms with E-state index in [4.69, 9.17) is 5.73 Å². The molecule has 1 amide bonds. The Morgan fingerprint density at radius 2 is 2.05 bits per heavy atom. The third-order valence-corrected chi connectivity index (χ3v) is 5.81. The summed E-state index contributed by atoms with van der Waals surface area (Å²) < 4.78 is 0. The number of nitrogens with zero attached hydrogens (tertiary/aromatic N) is 2. The molecule has 1 saturated heterocycles. The van der Waals surface area contributed by atoms with Gasteiger partial charge in [-0.25, -0.2) is 0 Å². The second kappa shape index (κ2) is 7.02. The first-order valence-corrected chi connectivity index (χ1v) is 9.14. The average Bonchev–Trinajstić information content (AvgIpc) is 2.54. The van der Waals surface area contributed by atoms with E-state index in [0.717, 1.165) is 43.9 Å². The quantitative estimate of drug-likeness (QED) is 0.928. The van der Waals surface area contributed by atoms with E-state index >= 15 is 0 Å². The minimum atomic E-state index is 0.229. The van der Waals surface area contributed by atoms with Crippen LogP contribution in [0.3, 0.4) is 0 Å². The van der Waals surface area contributed by atoms with Gasteiger partial charge in [0.2, 0.25) is 5.91 Å². The van der Waals surface area contributed by atoms with Crippen LogP contribution in [0.25, 0.3) is 0 Å². The Balaban J connectivity index is 1.60. The van der Waals surface area contributed by atoms with Gasteiger partial charge in [0.1, 0.15) is 0 Å². The number of carbonyl (C=O) groups excluding carboxylic acids is 1. The summed E-state index contributed by atoms with van der Waals surface area (Å²) in [5.74, 6) is 1.82. The first-order valence-electron chi connectivity index (χ1n) is 8.15. The van der Waals surface area contributed by atoms with E-state index in [2.05, 4.69) is 24.0 Å². The predicted molar refractivity (Wildman–Crippen MR) is 92.3 cm³/mol. The van der Waals surface area contributed by atoms with Crippen LogP contribution in [0, 0.1) is 5.92 Å². The second-order valence-electron chi connectivity index (χ2n) is 6.33.